The van der Waals surface area contributed by atoms with E-state index in [4.69, 9.17) is 18.9 Å². The highest BCUT2D eigenvalue weighted by Gasteiger charge is 2.49. The van der Waals surface area contributed by atoms with E-state index in [1.54, 1.807) is 26.8 Å². The smallest absolute Gasteiger partial charge is 0.416 e. The van der Waals surface area contributed by atoms with Crippen LogP contribution in [-0.4, -0.2) is 49.7 Å². The fourth-order valence-corrected chi connectivity index (χ4v) is 4.75. The number of aryl methyl sites for hydroxylation is 1. The first-order chi connectivity index (χ1) is 19.2. The van der Waals surface area contributed by atoms with Crippen LogP contribution in [0, 0.1) is 0 Å². The minimum atomic E-state index is -5.10. The van der Waals surface area contributed by atoms with Crippen molar-refractivity contribution < 1.29 is 54.9 Å². The Kier molecular flexibility index (Phi) is 8.90. The van der Waals surface area contributed by atoms with Crippen LogP contribution in [0.25, 0.3) is 0 Å². The van der Waals surface area contributed by atoms with Crippen LogP contribution < -0.4 is 14.4 Å². The maximum Gasteiger partial charge on any atom is 0.416 e. The molecule has 0 fully saturated rings. The van der Waals surface area contributed by atoms with Gasteiger partial charge in [0.25, 0.3) is 0 Å². The molecule has 0 spiro atoms. The highest BCUT2D eigenvalue weighted by Crippen LogP contribution is 2.46. The van der Waals surface area contributed by atoms with Crippen molar-refractivity contribution in [3.63, 3.8) is 0 Å². The second-order valence-corrected chi connectivity index (χ2v) is 10.8. The molecule has 2 aromatic carbocycles. The van der Waals surface area contributed by atoms with Crippen molar-refractivity contribution in [1.29, 1.82) is 0 Å². The van der Waals surface area contributed by atoms with Crippen molar-refractivity contribution in [2.24, 2.45) is 0 Å². The van der Waals surface area contributed by atoms with Crippen molar-refractivity contribution in [3.8, 4) is 11.5 Å². The number of carbonyl (C=O) groups excluding carboxylic acids is 2. The molecule has 2 amide bonds. The molecule has 0 bridgehead atoms. The lowest BCUT2D eigenvalue weighted by Crippen LogP contribution is -2.64. The number of methoxy groups -OCH3 is 3. The fraction of sp³-hybridized carbons (Fsp3) is 0.500. The number of nitrogens with zero attached hydrogens (tertiary/aromatic N) is 2. The predicted molar refractivity (Wildman–Crippen MR) is 139 cm³/mol. The summed E-state index contributed by atoms with van der Waals surface area (Å²) in [6, 6.07) is 4.16. The van der Waals surface area contributed by atoms with Crippen LogP contribution in [0.5, 0.6) is 11.5 Å². The van der Waals surface area contributed by atoms with Crippen LogP contribution in [0.4, 0.5) is 41.6 Å². The minimum absolute atomic E-state index is 0.00276. The third-order valence-corrected chi connectivity index (χ3v) is 6.72. The molecule has 232 valence electrons. The number of ether oxygens (including phenoxy) is 4. The number of rotatable bonds is 5. The number of halogens is 6. The molecule has 2 aromatic rings. The van der Waals surface area contributed by atoms with Gasteiger partial charge in [-0.2, -0.15) is 26.3 Å². The lowest BCUT2D eigenvalue weighted by Gasteiger charge is -2.50. The predicted octanol–water partition coefficient (Wildman–Crippen LogP) is 7.41. The molecule has 1 aliphatic rings. The number of amides is 2. The first-order valence-electron chi connectivity index (χ1n) is 12.7. The summed E-state index contributed by atoms with van der Waals surface area (Å²) in [7, 11) is 3.80. The third-order valence-electron chi connectivity index (χ3n) is 6.72. The third kappa shape index (κ3) is 6.79. The molecule has 0 aliphatic carbocycles. The Hall–Kier alpha value is -3.84. The van der Waals surface area contributed by atoms with Gasteiger partial charge in [-0.1, -0.05) is 0 Å². The van der Waals surface area contributed by atoms with Gasteiger partial charge in [0.05, 0.1) is 44.7 Å². The van der Waals surface area contributed by atoms with Gasteiger partial charge in [-0.15, -0.1) is 0 Å². The molecule has 1 unspecified atom stereocenters. The average molecular weight is 607 g/mol. The van der Waals surface area contributed by atoms with Gasteiger partial charge in [0.1, 0.15) is 11.3 Å². The summed E-state index contributed by atoms with van der Waals surface area (Å²) in [6.45, 7) is 5.52. The molecule has 14 heteroatoms. The summed E-state index contributed by atoms with van der Waals surface area (Å²) in [5.41, 5.74) is -5.43. The first-order valence-corrected chi connectivity index (χ1v) is 12.7. The quantitative estimate of drug-likeness (QED) is 0.330. The van der Waals surface area contributed by atoms with Gasteiger partial charge in [-0.25, -0.2) is 9.59 Å². The molecule has 0 saturated carbocycles. The molecule has 3 rings (SSSR count). The number of anilines is 1. The molecular weight excluding hydrogens is 574 g/mol. The topological polar surface area (TPSA) is 77.5 Å². The lowest BCUT2D eigenvalue weighted by atomic mass is 9.90. The standard InChI is InChI=1S/C28H32F6N2O6/c1-25(2,3)42-24(38)36-20-14-22(40-6)21(39-5)12-17(20)8-9-26(36,4)35(23(37)41-7)15-16-10-18(27(29,30)31)13-19(11-16)28(32,33)34/h10-14H,8-9,15H2,1-7H3. The average Bonchev–Trinajstić information content (AvgIpc) is 2.88. The second-order valence-electron chi connectivity index (χ2n) is 10.8. The Morgan fingerprint density at radius 1 is 0.881 bits per heavy atom. The van der Waals surface area contributed by atoms with E-state index in [1.165, 1.54) is 27.2 Å². The van der Waals surface area contributed by atoms with E-state index in [-0.39, 0.29) is 30.3 Å². The molecule has 0 aromatic heterocycles. The fourth-order valence-electron chi connectivity index (χ4n) is 4.75. The SMILES string of the molecule is COC(=O)N(Cc1cc(C(F)(F)F)cc(C(F)(F)F)c1)C1(C)CCc2cc(OC)c(OC)cc2N1C(=O)OC(C)(C)C. The highest BCUT2D eigenvalue weighted by molar-refractivity contribution is 5.93. The van der Waals surface area contributed by atoms with Crippen LogP contribution in [-0.2, 0) is 34.8 Å². The van der Waals surface area contributed by atoms with Crippen molar-refractivity contribution in [1.82, 2.24) is 4.90 Å². The van der Waals surface area contributed by atoms with Gasteiger partial charge in [0, 0.05) is 6.07 Å². The number of fused-ring (bicyclic) bond motifs is 1. The van der Waals surface area contributed by atoms with Gasteiger partial charge in [0.15, 0.2) is 11.5 Å². The van der Waals surface area contributed by atoms with Crippen LogP contribution in [0.3, 0.4) is 0 Å². The maximum atomic E-state index is 13.7. The second kappa shape index (κ2) is 11.4. The normalized spacial score (nSPS) is 17.3. The van der Waals surface area contributed by atoms with Crippen molar-refractivity contribution >= 4 is 17.9 Å². The zero-order valence-corrected chi connectivity index (χ0v) is 24.1. The number of hydrogen-bond donors (Lipinski definition) is 0. The molecule has 0 N–H and O–H groups in total. The lowest BCUT2D eigenvalue weighted by molar-refractivity contribution is -0.143. The van der Waals surface area contributed by atoms with Crippen LogP contribution in [0.1, 0.15) is 56.4 Å². The maximum absolute atomic E-state index is 13.7. The van der Waals surface area contributed by atoms with Crippen LogP contribution in [0.15, 0.2) is 30.3 Å². The Morgan fingerprint density at radius 2 is 1.40 bits per heavy atom. The molecule has 8 nitrogen and oxygen atoms in total. The molecule has 1 aliphatic heterocycles. The molecular formula is C28H32F6N2O6. The summed E-state index contributed by atoms with van der Waals surface area (Å²) in [6.07, 6.45) is -12.0. The Balaban J connectivity index is 2.25. The Morgan fingerprint density at radius 3 is 1.86 bits per heavy atom. The van der Waals surface area contributed by atoms with E-state index in [2.05, 4.69) is 0 Å². The number of carbonyl (C=O) groups is 2. The Bertz CT molecular complexity index is 1310. The van der Waals surface area contributed by atoms with Crippen molar-refractivity contribution in [2.75, 3.05) is 26.2 Å². The summed E-state index contributed by atoms with van der Waals surface area (Å²) < 4.78 is 103. The van der Waals surface area contributed by atoms with E-state index in [1.807, 2.05) is 0 Å². The zero-order chi connectivity index (χ0) is 31.8. The summed E-state index contributed by atoms with van der Waals surface area (Å²) in [5.74, 6) is 0.587. The molecule has 0 saturated heterocycles. The molecule has 1 atom stereocenters. The zero-order valence-electron chi connectivity index (χ0n) is 24.1. The van der Waals surface area contributed by atoms with Crippen molar-refractivity contribution in [2.45, 2.75) is 70.7 Å². The summed E-state index contributed by atoms with van der Waals surface area (Å²) in [5, 5.41) is 0. The number of benzene rings is 2. The van der Waals surface area contributed by atoms with Gasteiger partial charge >= 0.3 is 24.5 Å². The van der Waals surface area contributed by atoms with E-state index in [9.17, 15) is 35.9 Å². The van der Waals surface area contributed by atoms with E-state index < -0.39 is 59.0 Å². The van der Waals surface area contributed by atoms with Crippen molar-refractivity contribution in [3.05, 3.63) is 52.6 Å². The van der Waals surface area contributed by atoms with Crippen LogP contribution >= 0.6 is 0 Å². The monoisotopic (exact) mass is 606 g/mol. The van der Waals surface area contributed by atoms with Gasteiger partial charge in [-0.05, 0) is 75.9 Å². The van der Waals surface area contributed by atoms with Gasteiger partial charge in [-0.3, -0.25) is 9.80 Å². The first kappa shape index (κ1) is 32.7. The van der Waals surface area contributed by atoms with E-state index >= 15 is 0 Å². The summed E-state index contributed by atoms with van der Waals surface area (Å²) in [4.78, 5) is 29.0. The molecule has 1 heterocycles. The van der Waals surface area contributed by atoms with E-state index in [0.717, 1.165) is 16.9 Å². The number of alkyl halides is 6. The Labute approximate surface area is 239 Å². The summed E-state index contributed by atoms with van der Waals surface area (Å²) >= 11 is 0. The molecule has 42 heavy (non-hydrogen) atoms. The molecule has 0 radical (unpaired) electrons. The number of hydrogen-bond acceptors (Lipinski definition) is 6. The van der Waals surface area contributed by atoms with Crippen LogP contribution in [0.2, 0.25) is 0 Å². The largest absolute Gasteiger partial charge is 0.493 e. The van der Waals surface area contributed by atoms with Gasteiger partial charge in [0.2, 0.25) is 0 Å². The minimum Gasteiger partial charge on any atom is -0.493 e. The highest BCUT2D eigenvalue weighted by atomic mass is 19.4. The van der Waals surface area contributed by atoms with Gasteiger partial charge < -0.3 is 18.9 Å². The van der Waals surface area contributed by atoms with E-state index in [0.29, 0.717) is 23.4 Å².